The molecule has 4 rings (SSSR count). The highest BCUT2D eigenvalue weighted by Crippen LogP contribution is 2.32. The van der Waals surface area contributed by atoms with Gasteiger partial charge in [0, 0.05) is 4.88 Å². The zero-order chi connectivity index (χ0) is 19.7. The Labute approximate surface area is 165 Å². The lowest BCUT2D eigenvalue weighted by Gasteiger charge is -2.26. The number of urea groups is 1. The number of amides is 4. The van der Waals surface area contributed by atoms with Crippen LogP contribution in [0.4, 0.5) is 4.79 Å². The van der Waals surface area contributed by atoms with Crippen LogP contribution >= 0.6 is 11.3 Å². The van der Waals surface area contributed by atoms with Gasteiger partial charge in [-0.3, -0.25) is 14.5 Å². The van der Waals surface area contributed by atoms with Gasteiger partial charge in [-0.15, -0.1) is 11.3 Å². The first-order valence-electron chi connectivity index (χ1n) is 8.80. The molecule has 0 saturated carbocycles. The summed E-state index contributed by atoms with van der Waals surface area (Å²) in [5.41, 5.74) is -1.14. The van der Waals surface area contributed by atoms with Crippen molar-refractivity contribution in [3.8, 4) is 11.5 Å². The average molecular weight is 401 g/mol. The van der Waals surface area contributed by atoms with Gasteiger partial charge in [-0.1, -0.05) is 18.2 Å². The number of benzene rings is 1. The molecule has 1 saturated heterocycles. The second kappa shape index (κ2) is 7.16. The number of thiophene rings is 1. The zero-order valence-electron chi connectivity index (χ0n) is 15.1. The Balaban J connectivity index is 1.33. The van der Waals surface area contributed by atoms with Crippen LogP contribution in [-0.2, 0) is 15.1 Å². The van der Waals surface area contributed by atoms with Crippen molar-refractivity contribution in [3.63, 3.8) is 0 Å². The minimum absolute atomic E-state index is 0.207. The van der Waals surface area contributed by atoms with Crippen LogP contribution in [0.2, 0.25) is 0 Å². The Morgan fingerprint density at radius 2 is 2.07 bits per heavy atom. The van der Waals surface area contributed by atoms with Crippen molar-refractivity contribution in [3.05, 3.63) is 46.7 Å². The maximum absolute atomic E-state index is 12.7. The molecule has 1 aromatic carbocycles. The van der Waals surface area contributed by atoms with E-state index in [0.717, 1.165) is 9.78 Å². The van der Waals surface area contributed by atoms with Gasteiger partial charge in [0.15, 0.2) is 17.0 Å². The van der Waals surface area contributed by atoms with E-state index >= 15 is 0 Å². The first kappa shape index (κ1) is 18.3. The molecule has 146 valence electrons. The molecular formula is C19H19N3O5S. The van der Waals surface area contributed by atoms with E-state index in [1.165, 1.54) is 11.3 Å². The monoisotopic (exact) mass is 401 g/mol. The van der Waals surface area contributed by atoms with E-state index in [1.54, 1.807) is 19.1 Å². The van der Waals surface area contributed by atoms with E-state index < -0.39 is 23.4 Å². The van der Waals surface area contributed by atoms with Crippen LogP contribution in [0.25, 0.3) is 0 Å². The number of nitrogens with one attached hydrogen (secondary N) is 2. The minimum Gasteiger partial charge on any atom is -0.486 e. The van der Waals surface area contributed by atoms with Gasteiger partial charge in [-0.2, -0.15) is 0 Å². The van der Waals surface area contributed by atoms with E-state index in [9.17, 15) is 14.4 Å². The molecule has 1 fully saturated rings. The van der Waals surface area contributed by atoms with Gasteiger partial charge in [0.1, 0.15) is 19.3 Å². The predicted molar refractivity (Wildman–Crippen MR) is 101 cm³/mol. The molecule has 2 N–H and O–H groups in total. The summed E-state index contributed by atoms with van der Waals surface area (Å²) in [7, 11) is 0. The molecule has 2 aliphatic rings. The summed E-state index contributed by atoms with van der Waals surface area (Å²) in [4.78, 5) is 38.9. The number of rotatable bonds is 5. The number of hydrogen-bond donors (Lipinski definition) is 2. The standard InChI is InChI=1S/C19H19N3O5S/c1-19(15-7-4-8-28-15)17(24)22(18(25)21-19)10-16(23)20-9-12-11-26-13-5-2-3-6-14(13)27-12/h2-8,12H,9-11H2,1H3,(H,20,23)(H,21,25). The summed E-state index contributed by atoms with van der Waals surface area (Å²) in [5.74, 6) is 0.397. The Morgan fingerprint density at radius 3 is 2.82 bits per heavy atom. The number of para-hydroxylation sites is 2. The van der Waals surface area contributed by atoms with Crippen LogP contribution in [0.1, 0.15) is 11.8 Å². The fourth-order valence-electron chi connectivity index (χ4n) is 3.16. The quantitative estimate of drug-likeness (QED) is 0.740. The normalized spacial score (nSPS) is 23.5. The highest BCUT2D eigenvalue weighted by atomic mass is 32.1. The lowest BCUT2D eigenvalue weighted by molar-refractivity contribution is -0.134. The highest BCUT2D eigenvalue weighted by Gasteiger charge is 2.50. The molecule has 8 nitrogen and oxygen atoms in total. The second-order valence-electron chi connectivity index (χ2n) is 6.73. The molecule has 0 radical (unpaired) electrons. The Kier molecular flexibility index (Phi) is 4.68. The first-order valence-corrected chi connectivity index (χ1v) is 9.68. The number of imide groups is 1. The number of carbonyl (C=O) groups is 3. The molecule has 0 aliphatic carbocycles. The van der Waals surface area contributed by atoms with Crippen LogP contribution in [0.3, 0.4) is 0 Å². The van der Waals surface area contributed by atoms with Crippen LogP contribution in [0.5, 0.6) is 11.5 Å². The summed E-state index contributed by atoms with van der Waals surface area (Å²) >= 11 is 1.38. The van der Waals surface area contributed by atoms with Crippen molar-refractivity contribution < 1.29 is 23.9 Å². The van der Waals surface area contributed by atoms with Crippen molar-refractivity contribution in [1.82, 2.24) is 15.5 Å². The van der Waals surface area contributed by atoms with Crippen molar-refractivity contribution in [1.29, 1.82) is 0 Å². The summed E-state index contributed by atoms with van der Waals surface area (Å²) in [6.07, 6.45) is -0.349. The topological polar surface area (TPSA) is 97.0 Å². The highest BCUT2D eigenvalue weighted by molar-refractivity contribution is 7.10. The number of fused-ring (bicyclic) bond motifs is 1. The van der Waals surface area contributed by atoms with Gasteiger partial charge >= 0.3 is 6.03 Å². The van der Waals surface area contributed by atoms with Crippen molar-refractivity contribution in [2.75, 3.05) is 19.7 Å². The molecule has 2 unspecified atom stereocenters. The fourth-order valence-corrected chi connectivity index (χ4v) is 4.00. The number of carbonyl (C=O) groups excluding carboxylic acids is 3. The molecule has 28 heavy (non-hydrogen) atoms. The van der Waals surface area contributed by atoms with Gasteiger partial charge in [0.2, 0.25) is 5.91 Å². The summed E-state index contributed by atoms with van der Waals surface area (Å²) in [5, 5.41) is 7.21. The lowest BCUT2D eigenvalue weighted by atomic mass is 10.0. The third-order valence-electron chi connectivity index (χ3n) is 4.69. The van der Waals surface area contributed by atoms with E-state index in [-0.39, 0.29) is 19.2 Å². The molecule has 9 heteroatoms. The largest absolute Gasteiger partial charge is 0.486 e. The number of ether oxygens (including phenoxy) is 2. The van der Waals surface area contributed by atoms with Gasteiger partial charge in [-0.25, -0.2) is 4.79 Å². The van der Waals surface area contributed by atoms with E-state index in [2.05, 4.69) is 10.6 Å². The van der Waals surface area contributed by atoms with Gasteiger partial charge in [0.25, 0.3) is 5.91 Å². The maximum atomic E-state index is 12.7. The maximum Gasteiger partial charge on any atom is 0.325 e. The Bertz CT molecular complexity index is 916. The van der Waals surface area contributed by atoms with Gasteiger partial charge < -0.3 is 20.1 Å². The predicted octanol–water partition coefficient (Wildman–Crippen LogP) is 1.47. The smallest absolute Gasteiger partial charge is 0.325 e. The molecule has 2 atom stereocenters. The third kappa shape index (κ3) is 3.29. The molecule has 0 spiro atoms. The van der Waals surface area contributed by atoms with Gasteiger partial charge in [0.05, 0.1) is 6.54 Å². The second-order valence-corrected chi connectivity index (χ2v) is 7.67. The van der Waals surface area contributed by atoms with E-state index in [0.29, 0.717) is 18.1 Å². The van der Waals surface area contributed by atoms with Crippen molar-refractivity contribution in [2.24, 2.45) is 0 Å². The molecule has 3 heterocycles. The van der Waals surface area contributed by atoms with Crippen LogP contribution in [-0.4, -0.2) is 48.5 Å². The van der Waals surface area contributed by atoms with E-state index in [4.69, 9.17) is 9.47 Å². The summed E-state index contributed by atoms with van der Waals surface area (Å²) in [6, 6.07) is 10.3. The van der Waals surface area contributed by atoms with Crippen LogP contribution < -0.4 is 20.1 Å². The lowest BCUT2D eigenvalue weighted by Crippen LogP contribution is -2.46. The Hall–Kier alpha value is -3.07. The fraction of sp³-hybridized carbons (Fsp3) is 0.316. The molecule has 4 amide bonds. The van der Waals surface area contributed by atoms with Crippen LogP contribution in [0.15, 0.2) is 41.8 Å². The van der Waals surface area contributed by atoms with E-state index in [1.807, 2.05) is 29.6 Å². The van der Waals surface area contributed by atoms with Gasteiger partial charge in [-0.05, 0) is 30.5 Å². The van der Waals surface area contributed by atoms with Crippen molar-refractivity contribution in [2.45, 2.75) is 18.6 Å². The third-order valence-corrected chi connectivity index (χ3v) is 5.78. The molecular weight excluding hydrogens is 382 g/mol. The summed E-state index contributed by atoms with van der Waals surface area (Å²) in [6.45, 7) is 1.80. The van der Waals surface area contributed by atoms with Crippen LogP contribution in [0, 0.1) is 0 Å². The molecule has 0 bridgehead atoms. The first-order chi connectivity index (χ1) is 13.5. The number of nitrogens with zero attached hydrogens (tertiary/aromatic N) is 1. The SMILES string of the molecule is CC1(c2cccs2)NC(=O)N(CC(=O)NCC2COc3ccccc3O2)C1=O. The molecule has 2 aliphatic heterocycles. The average Bonchev–Trinajstić information content (AvgIpc) is 3.31. The number of hydrogen-bond acceptors (Lipinski definition) is 6. The molecule has 2 aromatic rings. The minimum atomic E-state index is -1.14. The summed E-state index contributed by atoms with van der Waals surface area (Å²) < 4.78 is 11.4. The Morgan fingerprint density at radius 1 is 1.29 bits per heavy atom. The zero-order valence-corrected chi connectivity index (χ0v) is 16.0. The van der Waals surface area contributed by atoms with Crippen molar-refractivity contribution >= 4 is 29.2 Å². The molecule has 1 aromatic heterocycles.